The number of rotatable bonds is 13. The average molecular weight is 681 g/mol. The molecular weight excluding hydrogens is 641 g/mol. The summed E-state index contributed by atoms with van der Waals surface area (Å²) >= 11 is 12.5. The van der Waals surface area contributed by atoms with Crippen molar-refractivity contribution in [2.75, 3.05) is 10.8 Å². The topological polar surface area (TPSA) is 86.8 Å². The van der Waals surface area contributed by atoms with Gasteiger partial charge in [-0.2, -0.15) is 0 Å². The minimum absolute atomic E-state index is 0.00648. The van der Waals surface area contributed by atoms with Crippen LogP contribution in [0.25, 0.3) is 0 Å². The Labute approximate surface area is 282 Å². The number of carbonyl (C=O) groups excluding carboxylic acids is 2. The van der Waals surface area contributed by atoms with Crippen molar-refractivity contribution >= 4 is 50.7 Å². The third-order valence-electron chi connectivity index (χ3n) is 7.82. The monoisotopic (exact) mass is 679 g/mol. The number of halogens is 2. The summed E-state index contributed by atoms with van der Waals surface area (Å²) in [5.41, 5.74) is 3.66. The predicted molar refractivity (Wildman–Crippen MR) is 186 cm³/mol. The molecule has 0 aliphatic heterocycles. The van der Waals surface area contributed by atoms with Crippen molar-refractivity contribution in [2.24, 2.45) is 0 Å². The molecule has 4 rings (SSSR count). The van der Waals surface area contributed by atoms with Crippen LogP contribution in [0.2, 0.25) is 10.0 Å². The Morgan fingerprint density at radius 1 is 0.804 bits per heavy atom. The first-order valence-corrected chi connectivity index (χ1v) is 17.3. The molecule has 10 heteroatoms. The van der Waals surface area contributed by atoms with Gasteiger partial charge in [0.05, 0.1) is 20.6 Å². The fourth-order valence-corrected chi connectivity index (χ4v) is 6.64. The molecule has 0 bridgehead atoms. The van der Waals surface area contributed by atoms with Gasteiger partial charge in [0.25, 0.3) is 10.0 Å². The van der Waals surface area contributed by atoms with E-state index < -0.39 is 28.5 Å². The van der Waals surface area contributed by atoms with Crippen molar-refractivity contribution in [1.82, 2.24) is 10.2 Å². The van der Waals surface area contributed by atoms with E-state index in [0.717, 1.165) is 21.0 Å². The molecule has 2 amide bonds. The van der Waals surface area contributed by atoms with Crippen LogP contribution in [0.15, 0.2) is 102 Å². The molecule has 1 N–H and O–H groups in total. The van der Waals surface area contributed by atoms with Gasteiger partial charge >= 0.3 is 0 Å². The summed E-state index contributed by atoms with van der Waals surface area (Å²) in [5.74, 6) is -0.891. The zero-order valence-electron chi connectivity index (χ0n) is 26.4. The summed E-state index contributed by atoms with van der Waals surface area (Å²) in [6.07, 6.45) is 0.909. The summed E-state index contributed by atoms with van der Waals surface area (Å²) in [6.45, 7) is 7.09. The molecule has 0 saturated carbocycles. The number of aryl methyl sites for hydroxylation is 2. The predicted octanol–water partition coefficient (Wildman–Crippen LogP) is 7.36. The van der Waals surface area contributed by atoms with Gasteiger partial charge in [0, 0.05) is 19.0 Å². The van der Waals surface area contributed by atoms with E-state index in [2.05, 4.69) is 5.32 Å². The maximum Gasteiger partial charge on any atom is 0.264 e. The zero-order valence-corrected chi connectivity index (χ0v) is 28.7. The molecule has 2 atom stereocenters. The lowest BCUT2D eigenvalue weighted by Crippen LogP contribution is -2.54. The normalized spacial score (nSPS) is 12.7. The second-order valence-corrected chi connectivity index (χ2v) is 14.1. The van der Waals surface area contributed by atoms with E-state index in [-0.39, 0.29) is 29.8 Å². The molecule has 0 aliphatic carbocycles. The maximum atomic E-state index is 14.6. The molecule has 4 aromatic carbocycles. The first-order chi connectivity index (χ1) is 21.9. The molecule has 0 spiro atoms. The van der Waals surface area contributed by atoms with Gasteiger partial charge in [0.1, 0.15) is 12.6 Å². The van der Waals surface area contributed by atoms with Crippen molar-refractivity contribution < 1.29 is 18.0 Å². The van der Waals surface area contributed by atoms with Gasteiger partial charge in [0.2, 0.25) is 11.8 Å². The van der Waals surface area contributed by atoms with Crippen molar-refractivity contribution in [3.8, 4) is 0 Å². The average Bonchev–Trinajstić information content (AvgIpc) is 3.04. The summed E-state index contributed by atoms with van der Waals surface area (Å²) < 4.78 is 29.4. The van der Waals surface area contributed by atoms with Crippen LogP contribution in [0.5, 0.6) is 0 Å². The SMILES string of the molecule is CC[C@@H](C)NC(=O)[C@H](Cc1ccccc1)N(Cc1ccc(Cl)c(Cl)c1)C(=O)CN(c1ccc(C)cc1)S(=O)(=O)c1ccc(C)cc1. The standard InChI is InChI=1S/C36H39Cl2N3O4S/c1-5-27(4)39-36(43)34(22-28-9-7-6-8-10-28)40(23-29-15-20-32(37)33(38)21-29)35(42)24-41(30-16-11-25(2)12-17-30)46(44,45)31-18-13-26(3)14-19-31/h6-21,27,34H,5,22-24H2,1-4H3,(H,39,43)/t27-,34+/m1/s1. The Morgan fingerprint density at radius 2 is 1.41 bits per heavy atom. The van der Waals surface area contributed by atoms with Gasteiger partial charge in [-0.1, -0.05) is 102 Å². The number of nitrogens with one attached hydrogen (secondary N) is 1. The lowest BCUT2D eigenvalue weighted by atomic mass is 10.0. The number of amides is 2. The van der Waals surface area contributed by atoms with Crippen LogP contribution in [-0.2, 0) is 32.6 Å². The summed E-state index contributed by atoms with van der Waals surface area (Å²) in [5, 5.41) is 3.69. The van der Waals surface area contributed by atoms with Gasteiger partial charge in [-0.3, -0.25) is 13.9 Å². The van der Waals surface area contributed by atoms with E-state index in [4.69, 9.17) is 23.2 Å². The molecule has 46 heavy (non-hydrogen) atoms. The van der Waals surface area contributed by atoms with Crippen molar-refractivity contribution in [2.45, 2.75) is 64.1 Å². The molecule has 242 valence electrons. The third kappa shape index (κ3) is 8.90. The smallest absolute Gasteiger partial charge is 0.264 e. The molecular formula is C36H39Cl2N3O4S. The van der Waals surface area contributed by atoms with Crippen molar-refractivity contribution in [1.29, 1.82) is 0 Å². The Balaban J connectivity index is 1.82. The molecule has 4 aromatic rings. The van der Waals surface area contributed by atoms with Crippen molar-refractivity contribution in [3.63, 3.8) is 0 Å². The highest BCUT2D eigenvalue weighted by atomic mass is 35.5. The number of nitrogens with zero attached hydrogens (tertiary/aromatic N) is 2. The Morgan fingerprint density at radius 3 is 2.00 bits per heavy atom. The van der Waals surface area contributed by atoms with Gasteiger partial charge in [-0.05, 0) is 74.7 Å². The van der Waals surface area contributed by atoms with E-state index in [0.29, 0.717) is 27.7 Å². The van der Waals surface area contributed by atoms with E-state index in [9.17, 15) is 18.0 Å². The minimum atomic E-state index is -4.18. The lowest BCUT2D eigenvalue weighted by molar-refractivity contribution is -0.140. The van der Waals surface area contributed by atoms with Crippen LogP contribution < -0.4 is 9.62 Å². The minimum Gasteiger partial charge on any atom is -0.352 e. The summed E-state index contributed by atoms with van der Waals surface area (Å²) in [4.78, 5) is 30.0. The Kier molecular flexibility index (Phi) is 11.9. The van der Waals surface area contributed by atoms with Gasteiger partial charge in [-0.25, -0.2) is 8.42 Å². The second-order valence-electron chi connectivity index (χ2n) is 11.5. The summed E-state index contributed by atoms with van der Waals surface area (Å²) in [7, 11) is -4.18. The number of carbonyl (C=O) groups is 2. The fraction of sp³-hybridized carbons (Fsp3) is 0.278. The molecule has 0 fully saturated rings. The van der Waals surface area contributed by atoms with Crippen LogP contribution in [0, 0.1) is 13.8 Å². The summed E-state index contributed by atoms with van der Waals surface area (Å²) in [6, 6.07) is 26.8. The largest absolute Gasteiger partial charge is 0.352 e. The number of sulfonamides is 1. The first-order valence-electron chi connectivity index (χ1n) is 15.1. The highest BCUT2D eigenvalue weighted by molar-refractivity contribution is 7.92. The molecule has 0 saturated heterocycles. The maximum absolute atomic E-state index is 14.6. The quantitative estimate of drug-likeness (QED) is 0.160. The highest BCUT2D eigenvalue weighted by Gasteiger charge is 2.35. The van der Waals surface area contributed by atoms with Crippen LogP contribution in [0.1, 0.15) is 42.5 Å². The lowest BCUT2D eigenvalue weighted by Gasteiger charge is -2.34. The van der Waals surface area contributed by atoms with Gasteiger partial charge in [0.15, 0.2) is 0 Å². The number of benzene rings is 4. The van der Waals surface area contributed by atoms with E-state index in [1.165, 1.54) is 17.0 Å². The third-order valence-corrected chi connectivity index (χ3v) is 10.3. The van der Waals surface area contributed by atoms with Crippen LogP contribution >= 0.6 is 23.2 Å². The molecule has 0 radical (unpaired) electrons. The molecule has 0 aliphatic rings. The Bertz CT molecular complexity index is 1750. The van der Waals surface area contributed by atoms with Gasteiger partial charge in [-0.15, -0.1) is 0 Å². The van der Waals surface area contributed by atoms with E-state index >= 15 is 0 Å². The van der Waals surface area contributed by atoms with Crippen molar-refractivity contribution in [3.05, 3.63) is 129 Å². The zero-order chi connectivity index (χ0) is 33.4. The van der Waals surface area contributed by atoms with E-state index in [1.807, 2.05) is 58.0 Å². The molecule has 7 nitrogen and oxygen atoms in total. The molecule has 0 aromatic heterocycles. The second kappa shape index (κ2) is 15.6. The van der Waals surface area contributed by atoms with E-state index in [1.54, 1.807) is 54.6 Å². The van der Waals surface area contributed by atoms with Crippen LogP contribution in [0.3, 0.4) is 0 Å². The van der Waals surface area contributed by atoms with Crippen LogP contribution in [-0.4, -0.2) is 43.8 Å². The Hall–Kier alpha value is -3.85. The first kappa shape index (κ1) is 35.0. The number of hydrogen-bond donors (Lipinski definition) is 1. The number of hydrogen-bond acceptors (Lipinski definition) is 4. The number of anilines is 1. The van der Waals surface area contributed by atoms with Gasteiger partial charge < -0.3 is 10.2 Å². The van der Waals surface area contributed by atoms with Crippen LogP contribution in [0.4, 0.5) is 5.69 Å². The molecule has 0 unspecified atom stereocenters. The fourth-order valence-electron chi connectivity index (χ4n) is 4.91. The molecule has 0 heterocycles. The highest BCUT2D eigenvalue weighted by Crippen LogP contribution is 2.27.